The van der Waals surface area contributed by atoms with E-state index in [9.17, 15) is 0 Å². The predicted octanol–water partition coefficient (Wildman–Crippen LogP) is 8.90. The number of anilines is 2. The molecule has 4 aliphatic rings. The Balaban J connectivity index is 1.52. The normalized spacial score (nSPS) is 23.4. The zero-order valence-electron chi connectivity index (χ0n) is 34.0. The van der Waals surface area contributed by atoms with Gasteiger partial charge in [-0.3, -0.25) is 9.98 Å². The Morgan fingerprint density at radius 2 is 0.700 bits per heavy atom. The quantitative estimate of drug-likeness (QED) is 0.241. The number of hydrogen-bond acceptors (Lipinski definition) is 4. The van der Waals surface area contributed by atoms with E-state index in [-0.39, 0.29) is 0 Å². The summed E-state index contributed by atoms with van der Waals surface area (Å²) in [5.74, 6) is 3.69. The first-order valence-corrected chi connectivity index (χ1v) is 34.3. The molecule has 0 aromatic heterocycles. The fraction of sp³-hybridized carbons (Fsp3) is 0.667. The van der Waals surface area contributed by atoms with Crippen LogP contribution in [-0.4, -0.2) is 69.1 Å². The number of amidine groups is 2. The Hall–Kier alpha value is -1.75. The average molecular weight is 743 g/mol. The molecular formula is C42H70N4Si4. The van der Waals surface area contributed by atoms with Crippen LogP contribution in [-0.2, 0) is 0 Å². The summed E-state index contributed by atoms with van der Waals surface area (Å²) in [7, 11) is -6.22. The van der Waals surface area contributed by atoms with E-state index < -0.39 is 32.3 Å². The SMILES string of the molecule is C[Si](C)(C)c1cc(N2C[C@H](C3CCCCC3)N=C2C2=N[C@@H](C3CCCCC3)CN2c2cc([Si](C)(C)C)cc([Si](C)(C)C)c2)cc([Si](C)(C)C)c1. The highest BCUT2D eigenvalue weighted by molar-refractivity contribution is 6.92. The molecule has 0 radical (unpaired) electrons. The van der Waals surface area contributed by atoms with Crippen LogP contribution in [0.2, 0.25) is 78.6 Å². The Bertz CT molecular complexity index is 1410. The third-order valence-corrected chi connectivity index (χ3v) is 20.4. The van der Waals surface area contributed by atoms with Crippen LogP contribution < -0.4 is 30.5 Å². The topological polar surface area (TPSA) is 31.2 Å². The van der Waals surface area contributed by atoms with E-state index in [4.69, 9.17) is 9.98 Å². The van der Waals surface area contributed by atoms with Crippen LogP contribution in [0.1, 0.15) is 64.2 Å². The van der Waals surface area contributed by atoms with Gasteiger partial charge in [0.1, 0.15) is 0 Å². The minimum atomic E-state index is -1.55. The minimum absolute atomic E-state index is 0.348. The van der Waals surface area contributed by atoms with Crippen molar-refractivity contribution >= 4 is 76.1 Å². The van der Waals surface area contributed by atoms with Crippen molar-refractivity contribution in [3.05, 3.63) is 36.4 Å². The molecule has 0 spiro atoms. The van der Waals surface area contributed by atoms with Crippen LogP contribution in [0.25, 0.3) is 0 Å². The number of nitrogens with zero attached hydrogens (tertiary/aromatic N) is 4. The highest BCUT2D eigenvalue weighted by atomic mass is 28.3. The molecule has 2 aromatic rings. The molecule has 0 saturated heterocycles. The smallest absolute Gasteiger partial charge is 0.172 e. The summed E-state index contributed by atoms with van der Waals surface area (Å²) in [6.45, 7) is 32.2. The van der Waals surface area contributed by atoms with Gasteiger partial charge in [0.25, 0.3) is 0 Å². The first kappa shape index (κ1) is 38.0. The molecule has 8 heteroatoms. The summed E-state index contributed by atoms with van der Waals surface area (Å²) in [5.41, 5.74) is 2.75. The van der Waals surface area contributed by atoms with Crippen LogP contribution in [0.4, 0.5) is 11.4 Å². The zero-order chi connectivity index (χ0) is 36.2. The van der Waals surface area contributed by atoms with Crippen molar-refractivity contribution in [1.29, 1.82) is 0 Å². The molecule has 2 fully saturated rings. The van der Waals surface area contributed by atoms with E-state index in [1.807, 2.05) is 0 Å². The predicted molar refractivity (Wildman–Crippen MR) is 235 cm³/mol. The first-order valence-electron chi connectivity index (χ1n) is 20.3. The summed E-state index contributed by atoms with van der Waals surface area (Å²) in [4.78, 5) is 17.0. The van der Waals surface area contributed by atoms with Gasteiger partial charge in [-0.25, -0.2) is 0 Å². The fourth-order valence-electron chi connectivity index (χ4n) is 8.71. The van der Waals surface area contributed by atoms with Gasteiger partial charge in [-0.1, -0.05) is 150 Å². The Morgan fingerprint density at radius 1 is 0.420 bits per heavy atom. The second kappa shape index (κ2) is 14.2. The molecule has 2 aromatic carbocycles. The van der Waals surface area contributed by atoms with Crippen molar-refractivity contribution in [2.45, 2.75) is 155 Å². The lowest BCUT2D eigenvalue weighted by Crippen LogP contribution is -2.48. The first-order chi connectivity index (χ1) is 23.3. The van der Waals surface area contributed by atoms with Crippen molar-refractivity contribution < 1.29 is 0 Å². The van der Waals surface area contributed by atoms with Crippen LogP contribution >= 0.6 is 0 Å². The maximum absolute atomic E-state index is 5.84. The van der Waals surface area contributed by atoms with Crippen molar-refractivity contribution in [3.8, 4) is 0 Å². The molecule has 50 heavy (non-hydrogen) atoms. The Kier molecular flexibility index (Phi) is 10.8. The van der Waals surface area contributed by atoms with E-state index in [0.717, 1.165) is 13.1 Å². The molecule has 2 aliphatic carbocycles. The van der Waals surface area contributed by atoms with Gasteiger partial charge >= 0.3 is 0 Å². The second-order valence-corrected chi connectivity index (χ2v) is 40.9. The maximum Gasteiger partial charge on any atom is 0.172 e. The number of hydrogen-bond donors (Lipinski definition) is 0. The van der Waals surface area contributed by atoms with E-state index in [2.05, 4.69) is 125 Å². The van der Waals surface area contributed by atoms with Gasteiger partial charge in [-0.05, 0) is 61.8 Å². The molecular weight excluding hydrogens is 673 g/mol. The fourth-order valence-corrected chi connectivity index (χ4v) is 13.7. The Morgan fingerprint density at radius 3 is 0.960 bits per heavy atom. The number of benzene rings is 2. The van der Waals surface area contributed by atoms with E-state index >= 15 is 0 Å². The largest absolute Gasteiger partial charge is 0.321 e. The third kappa shape index (κ3) is 8.39. The second-order valence-electron chi connectivity index (χ2n) is 20.6. The van der Waals surface area contributed by atoms with Crippen LogP contribution in [0.3, 0.4) is 0 Å². The highest BCUT2D eigenvalue weighted by Crippen LogP contribution is 2.37. The van der Waals surface area contributed by atoms with E-state index in [1.54, 1.807) is 20.7 Å². The van der Waals surface area contributed by atoms with Gasteiger partial charge in [-0.15, -0.1) is 0 Å². The van der Waals surface area contributed by atoms with Gasteiger partial charge in [0.05, 0.1) is 44.4 Å². The van der Waals surface area contributed by atoms with E-state index in [0.29, 0.717) is 23.9 Å². The van der Waals surface area contributed by atoms with Gasteiger partial charge in [-0.2, -0.15) is 0 Å². The van der Waals surface area contributed by atoms with Crippen LogP contribution in [0.15, 0.2) is 46.4 Å². The van der Waals surface area contributed by atoms with E-state index in [1.165, 1.54) is 87.3 Å². The molecule has 0 N–H and O–H groups in total. The lowest BCUT2D eigenvalue weighted by molar-refractivity contribution is 0.315. The number of aliphatic imine (C=N–C) groups is 2. The van der Waals surface area contributed by atoms with Gasteiger partial charge in [0.15, 0.2) is 11.7 Å². The monoisotopic (exact) mass is 742 g/mol. The number of rotatable bonds is 9. The summed E-state index contributed by atoms with van der Waals surface area (Å²) in [5, 5.41) is 6.34. The van der Waals surface area contributed by atoms with Crippen LogP contribution in [0.5, 0.6) is 0 Å². The molecule has 2 heterocycles. The van der Waals surface area contributed by atoms with Crippen LogP contribution in [0, 0.1) is 11.8 Å². The molecule has 4 nitrogen and oxygen atoms in total. The molecule has 2 aliphatic heterocycles. The summed E-state index contributed by atoms with van der Waals surface area (Å²) in [6.07, 6.45) is 13.5. The molecule has 274 valence electrons. The minimum Gasteiger partial charge on any atom is -0.321 e. The average Bonchev–Trinajstić information content (AvgIpc) is 3.69. The van der Waals surface area contributed by atoms with Gasteiger partial charge < -0.3 is 9.80 Å². The van der Waals surface area contributed by atoms with Crippen molar-refractivity contribution in [2.75, 3.05) is 22.9 Å². The summed E-state index contributed by atoms with van der Waals surface area (Å²) >= 11 is 0. The lowest BCUT2D eigenvalue weighted by atomic mass is 9.84. The molecule has 0 amide bonds. The standard InChI is InChI=1S/C42H70N4Si4/c1-47(2,3)35-23-33(24-36(27-35)48(4,5)6)45-29-39(31-19-15-13-16-20-31)43-41(45)42-44-40(32-21-17-14-18-22-32)30-46(42)34-25-37(49(7,8)9)28-38(26-34)50(10,11)12/h23-28,31-32,39-40H,13-22,29-30H2,1-12H3/t39-,40-/m1/s1. The van der Waals surface area contributed by atoms with Crippen molar-refractivity contribution in [3.63, 3.8) is 0 Å². The van der Waals surface area contributed by atoms with Crippen molar-refractivity contribution in [1.82, 2.24) is 0 Å². The molecule has 2 atom stereocenters. The maximum atomic E-state index is 5.84. The third-order valence-electron chi connectivity index (χ3n) is 12.3. The zero-order valence-corrected chi connectivity index (χ0v) is 38.0. The molecule has 6 rings (SSSR count). The lowest BCUT2D eigenvalue weighted by Gasteiger charge is -2.32. The highest BCUT2D eigenvalue weighted by Gasteiger charge is 2.42. The summed E-state index contributed by atoms with van der Waals surface area (Å²) in [6, 6.07) is 16.2. The summed E-state index contributed by atoms with van der Waals surface area (Å²) < 4.78 is 0. The molecule has 0 unspecified atom stereocenters. The van der Waals surface area contributed by atoms with Gasteiger partial charge in [0.2, 0.25) is 0 Å². The Labute approximate surface area is 310 Å². The van der Waals surface area contributed by atoms with Gasteiger partial charge in [0, 0.05) is 24.5 Å². The molecule has 2 saturated carbocycles. The van der Waals surface area contributed by atoms with Crippen molar-refractivity contribution in [2.24, 2.45) is 21.8 Å². The molecule has 0 bridgehead atoms.